The maximum absolute atomic E-state index is 9.28. The van der Waals surface area contributed by atoms with Gasteiger partial charge in [0.15, 0.2) is 0 Å². The Kier molecular flexibility index (Phi) is 12.2. The normalized spacial score (nSPS) is 14.8. The molecular weight excluding hydrogens is 220 g/mol. The van der Waals surface area contributed by atoms with Crippen LogP contribution in [-0.2, 0) is 4.74 Å². The standard InChI is InChI=1S/C13H28O4/c1-2-3-4-5-6-7-8-9-17-13(11-15)12(16)10-14/h12-16H,2-11H2,1H3. The maximum Gasteiger partial charge on any atom is 0.109 e. The van der Waals surface area contributed by atoms with Crippen molar-refractivity contribution in [2.24, 2.45) is 0 Å². The van der Waals surface area contributed by atoms with E-state index in [1.807, 2.05) is 0 Å². The van der Waals surface area contributed by atoms with Gasteiger partial charge in [0.2, 0.25) is 0 Å². The van der Waals surface area contributed by atoms with Gasteiger partial charge in [0, 0.05) is 6.61 Å². The van der Waals surface area contributed by atoms with Gasteiger partial charge in [0.05, 0.1) is 13.2 Å². The highest BCUT2D eigenvalue weighted by molar-refractivity contribution is 4.66. The molecule has 0 saturated heterocycles. The second-order valence-corrected chi connectivity index (χ2v) is 4.46. The monoisotopic (exact) mass is 248 g/mol. The average Bonchev–Trinajstić information content (AvgIpc) is 2.36. The van der Waals surface area contributed by atoms with Crippen molar-refractivity contribution in [3.05, 3.63) is 0 Å². The second-order valence-electron chi connectivity index (χ2n) is 4.46. The summed E-state index contributed by atoms with van der Waals surface area (Å²) in [6, 6.07) is 0. The largest absolute Gasteiger partial charge is 0.394 e. The van der Waals surface area contributed by atoms with Crippen LogP contribution in [0.15, 0.2) is 0 Å². The molecule has 4 nitrogen and oxygen atoms in total. The van der Waals surface area contributed by atoms with Crippen molar-refractivity contribution in [3.63, 3.8) is 0 Å². The molecule has 4 heteroatoms. The molecule has 2 unspecified atom stereocenters. The summed E-state index contributed by atoms with van der Waals surface area (Å²) in [7, 11) is 0. The third-order valence-corrected chi connectivity index (χ3v) is 2.88. The fourth-order valence-corrected chi connectivity index (χ4v) is 1.70. The van der Waals surface area contributed by atoms with Crippen molar-refractivity contribution in [3.8, 4) is 0 Å². The number of hydrogen-bond donors (Lipinski definition) is 3. The van der Waals surface area contributed by atoms with Crippen molar-refractivity contribution in [2.45, 2.75) is 64.1 Å². The summed E-state index contributed by atoms with van der Waals surface area (Å²) < 4.78 is 5.31. The van der Waals surface area contributed by atoms with Gasteiger partial charge in [-0.25, -0.2) is 0 Å². The zero-order valence-electron chi connectivity index (χ0n) is 11.0. The van der Waals surface area contributed by atoms with Gasteiger partial charge in [-0.15, -0.1) is 0 Å². The lowest BCUT2D eigenvalue weighted by Crippen LogP contribution is -2.35. The number of hydrogen-bond acceptors (Lipinski definition) is 4. The van der Waals surface area contributed by atoms with Crippen LogP contribution >= 0.6 is 0 Å². The predicted molar refractivity (Wildman–Crippen MR) is 67.9 cm³/mol. The van der Waals surface area contributed by atoms with Crippen LogP contribution in [0.3, 0.4) is 0 Å². The molecule has 0 aromatic heterocycles. The van der Waals surface area contributed by atoms with E-state index in [-0.39, 0.29) is 13.2 Å². The minimum atomic E-state index is -0.982. The molecule has 0 aliphatic rings. The Hall–Kier alpha value is -0.160. The summed E-state index contributed by atoms with van der Waals surface area (Å²) >= 11 is 0. The van der Waals surface area contributed by atoms with Gasteiger partial charge in [-0.2, -0.15) is 0 Å². The van der Waals surface area contributed by atoms with Gasteiger partial charge >= 0.3 is 0 Å². The van der Waals surface area contributed by atoms with Gasteiger partial charge in [0.1, 0.15) is 12.2 Å². The van der Waals surface area contributed by atoms with E-state index in [0.717, 1.165) is 12.8 Å². The SMILES string of the molecule is CCCCCCCCCOC(CO)C(O)CO. The van der Waals surface area contributed by atoms with Gasteiger partial charge in [0.25, 0.3) is 0 Å². The van der Waals surface area contributed by atoms with Crippen LogP contribution in [0.4, 0.5) is 0 Å². The molecule has 0 aromatic carbocycles. The van der Waals surface area contributed by atoms with Gasteiger partial charge in [-0.1, -0.05) is 45.4 Å². The Morgan fingerprint density at radius 1 is 0.882 bits per heavy atom. The van der Waals surface area contributed by atoms with Gasteiger partial charge in [-0.3, -0.25) is 0 Å². The Morgan fingerprint density at radius 2 is 1.47 bits per heavy atom. The van der Waals surface area contributed by atoms with E-state index in [9.17, 15) is 5.11 Å². The van der Waals surface area contributed by atoms with Crippen LogP contribution in [0.5, 0.6) is 0 Å². The molecule has 0 fully saturated rings. The lowest BCUT2D eigenvalue weighted by Gasteiger charge is -2.19. The van der Waals surface area contributed by atoms with Crippen LogP contribution in [0.2, 0.25) is 0 Å². The molecule has 0 amide bonds. The van der Waals surface area contributed by atoms with Crippen LogP contribution < -0.4 is 0 Å². The topological polar surface area (TPSA) is 69.9 Å². The smallest absolute Gasteiger partial charge is 0.109 e. The fourth-order valence-electron chi connectivity index (χ4n) is 1.70. The molecule has 2 atom stereocenters. The van der Waals surface area contributed by atoms with E-state index in [4.69, 9.17) is 14.9 Å². The van der Waals surface area contributed by atoms with Gasteiger partial charge in [-0.05, 0) is 6.42 Å². The Bertz CT molecular complexity index is 152. The highest BCUT2D eigenvalue weighted by Crippen LogP contribution is 2.08. The zero-order valence-corrected chi connectivity index (χ0v) is 11.0. The Balaban J connectivity index is 3.31. The summed E-state index contributed by atoms with van der Waals surface area (Å²) in [6.45, 7) is 2.12. The molecule has 0 aliphatic heterocycles. The second kappa shape index (κ2) is 12.3. The molecule has 0 heterocycles. The number of rotatable bonds is 12. The molecule has 0 spiro atoms. The summed E-state index contributed by atoms with van der Waals surface area (Å²) in [4.78, 5) is 0. The van der Waals surface area contributed by atoms with E-state index in [0.29, 0.717) is 6.61 Å². The fraction of sp³-hybridized carbons (Fsp3) is 1.00. The molecule has 0 aromatic rings. The highest BCUT2D eigenvalue weighted by Gasteiger charge is 2.17. The number of aliphatic hydroxyl groups excluding tert-OH is 3. The molecule has 17 heavy (non-hydrogen) atoms. The third kappa shape index (κ3) is 9.53. The van der Waals surface area contributed by atoms with E-state index >= 15 is 0 Å². The van der Waals surface area contributed by atoms with Crippen molar-refractivity contribution in [1.29, 1.82) is 0 Å². The number of aliphatic hydroxyl groups is 3. The molecule has 0 radical (unpaired) electrons. The first-order valence-electron chi connectivity index (χ1n) is 6.77. The minimum Gasteiger partial charge on any atom is -0.394 e. The summed E-state index contributed by atoms with van der Waals surface area (Å²) in [5.74, 6) is 0. The number of unbranched alkanes of at least 4 members (excludes halogenated alkanes) is 6. The molecule has 0 bridgehead atoms. The van der Waals surface area contributed by atoms with Crippen molar-refractivity contribution >= 4 is 0 Å². The first-order valence-corrected chi connectivity index (χ1v) is 6.77. The van der Waals surface area contributed by atoms with Crippen LogP contribution in [0.25, 0.3) is 0 Å². The third-order valence-electron chi connectivity index (χ3n) is 2.88. The van der Waals surface area contributed by atoms with Crippen LogP contribution in [0.1, 0.15) is 51.9 Å². The highest BCUT2D eigenvalue weighted by atomic mass is 16.5. The molecule has 104 valence electrons. The molecule has 0 aliphatic carbocycles. The Labute approximate surface area is 105 Å². The average molecular weight is 248 g/mol. The van der Waals surface area contributed by atoms with Gasteiger partial charge < -0.3 is 20.1 Å². The zero-order chi connectivity index (χ0) is 12.9. The summed E-state index contributed by atoms with van der Waals surface area (Å²) in [6.07, 6.45) is 6.81. The van der Waals surface area contributed by atoms with Crippen molar-refractivity contribution < 1.29 is 20.1 Å². The lowest BCUT2D eigenvalue weighted by atomic mass is 10.1. The Morgan fingerprint density at radius 3 is 2.00 bits per heavy atom. The first-order chi connectivity index (χ1) is 8.26. The molecular formula is C13H28O4. The minimum absolute atomic E-state index is 0.252. The van der Waals surface area contributed by atoms with Crippen LogP contribution in [-0.4, -0.2) is 47.3 Å². The molecule has 0 saturated carbocycles. The van der Waals surface area contributed by atoms with E-state index in [1.165, 1.54) is 32.1 Å². The van der Waals surface area contributed by atoms with Crippen LogP contribution in [0, 0.1) is 0 Å². The van der Waals surface area contributed by atoms with E-state index in [2.05, 4.69) is 6.92 Å². The van der Waals surface area contributed by atoms with E-state index < -0.39 is 12.2 Å². The van der Waals surface area contributed by atoms with E-state index in [1.54, 1.807) is 0 Å². The van der Waals surface area contributed by atoms with Crippen molar-refractivity contribution in [1.82, 2.24) is 0 Å². The van der Waals surface area contributed by atoms with Crippen molar-refractivity contribution in [2.75, 3.05) is 19.8 Å². The number of ether oxygens (including phenoxy) is 1. The quantitative estimate of drug-likeness (QED) is 0.457. The summed E-state index contributed by atoms with van der Waals surface area (Å²) in [5.41, 5.74) is 0. The molecule has 0 rings (SSSR count). The summed E-state index contributed by atoms with van der Waals surface area (Å²) in [5, 5.41) is 26.9. The first kappa shape index (κ1) is 16.8. The molecule has 3 N–H and O–H groups in total. The lowest BCUT2D eigenvalue weighted by molar-refractivity contribution is -0.0802. The maximum atomic E-state index is 9.28. The predicted octanol–water partition coefficient (Wildman–Crippen LogP) is 1.47.